The molecule has 1 fully saturated rings. The molecule has 2 heterocycles. The molecule has 0 saturated heterocycles. The van der Waals surface area contributed by atoms with Crippen LogP contribution in [0, 0.1) is 6.92 Å². The Morgan fingerprint density at radius 1 is 1.32 bits per heavy atom. The molecule has 0 radical (unpaired) electrons. The van der Waals surface area contributed by atoms with Gasteiger partial charge in [-0.1, -0.05) is 29.8 Å². The standard InChI is InChI=1S/C29H34ClN3O4.H2S/c1-19-28(37-18-31-19)17-36-27-11-8-21-15-33(13-12-25(21)29(27)30)16-24(34)9-10-26(35)20-4-2-7-23(14-20)32-22-5-3-6-22;/h2,4,7-8,11,14,18,22,24,32,34H,3,5-6,9-10,12-13,15-17H2,1H3;1H2/t24-;/m0./s1. The molecule has 3 aromatic rings. The van der Waals surface area contributed by atoms with Gasteiger partial charge < -0.3 is 19.6 Å². The third kappa shape index (κ3) is 6.91. The minimum absolute atomic E-state index is 0. The molecule has 2 N–H and O–H groups in total. The van der Waals surface area contributed by atoms with Crippen molar-refractivity contribution < 1.29 is 19.1 Å². The molecule has 5 rings (SSSR count). The number of β-amino-alcohol motifs (C(OH)–C–C–N with tert-alkyl or cyclic N) is 1. The van der Waals surface area contributed by atoms with Gasteiger partial charge >= 0.3 is 0 Å². The first-order valence-electron chi connectivity index (χ1n) is 13.1. The topological polar surface area (TPSA) is 87.8 Å². The van der Waals surface area contributed by atoms with E-state index in [2.05, 4.69) is 15.2 Å². The lowest BCUT2D eigenvalue weighted by molar-refractivity contribution is 0.0836. The van der Waals surface area contributed by atoms with Gasteiger partial charge in [-0.2, -0.15) is 13.5 Å². The third-order valence-corrected chi connectivity index (χ3v) is 7.83. The number of nitrogens with one attached hydrogen (secondary N) is 1. The van der Waals surface area contributed by atoms with Crippen LogP contribution in [0.25, 0.3) is 0 Å². The molecule has 0 spiro atoms. The van der Waals surface area contributed by atoms with Crippen molar-refractivity contribution in [2.24, 2.45) is 0 Å². The number of carbonyl (C=O) groups is 1. The Labute approximate surface area is 236 Å². The minimum atomic E-state index is -0.565. The fraction of sp³-hybridized carbons (Fsp3) is 0.448. The number of hydrogen-bond acceptors (Lipinski definition) is 7. The van der Waals surface area contributed by atoms with Crippen LogP contribution in [0.1, 0.15) is 65.0 Å². The first-order valence-corrected chi connectivity index (χ1v) is 13.5. The zero-order chi connectivity index (χ0) is 25.8. The number of aryl methyl sites for hydroxylation is 1. The van der Waals surface area contributed by atoms with Crippen molar-refractivity contribution in [3.63, 3.8) is 0 Å². The van der Waals surface area contributed by atoms with Crippen LogP contribution in [0.2, 0.25) is 5.02 Å². The Kier molecular flexibility index (Phi) is 9.76. The van der Waals surface area contributed by atoms with Crippen molar-refractivity contribution in [1.82, 2.24) is 9.88 Å². The third-order valence-electron chi connectivity index (χ3n) is 7.41. The van der Waals surface area contributed by atoms with E-state index in [1.807, 2.05) is 43.3 Å². The number of carbonyl (C=O) groups excluding carboxylic acids is 1. The second-order valence-electron chi connectivity index (χ2n) is 10.1. The molecule has 1 aromatic heterocycles. The van der Waals surface area contributed by atoms with Gasteiger partial charge in [-0.05, 0) is 68.4 Å². The highest BCUT2D eigenvalue weighted by molar-refractivity contribution is 7.59. The summed E-state index contributed by atoms with van der Waals surface area (Å²) in [5.41, 5.74) is 4.74. The zero-order valence-electron chi connectivity index (χ0n) is 21.7. The number of ether oxygens (including phenoxy) is 1. The van der Waals surface area contributed by atoms with Gasteiger partial charge in [0.1, 0.15) is 12.4 Å². The van der Waals surface area contributed by atoms with E-state index >= 15 is 0 Å². The second-order valence-corrected chi connectivity index (χ2v) is 10.5. The van der Waals surface area contributed by atoms with Crippen LogP contribution < -0.4 is 10.1 Å². The molecule has 7 nitrogen and oxygen atoms in total. The molecule has 2 aliphatic rings. The number of rotatable bonds is 11. The average Bonchev–Trinajstić information content (AvgIpc) is 3.29. The first kappa shape index (κ1) is 28.5. The lowest BCUT2D eigenvalue weighted by Gasteiger charge is -2.31. The van der Waals surface area contributed by atoms with Crippen LogP contribution in [-0.2, 0) is 19.6 Å². The van der Waals surface area contributed by atoms with Gasteiger partial charge in [-0.25, -0.2) is 4.98 Å². The SMILES string of the molecule is Cc1ncoc1COc1ccc2c(c1Cl)CCN(C[C@@H](O)CCC(=O)c1cccc(NC3CCC3)c1)C2.S. The number of oxazole rings is 1. The summed E-state index contributed by atoms with van der Waals surface area (Å²) < 4.78 is 11.2. The number of fused-ring (bicyclic) bond motifs is 1. The molecule has 9 heteroatoms. The highest BCUT2D eigenvalue weighted by Crippen LogP contribution is 2.35. The smallest absolute Gasteiger partial charge is 0.181 e. The number of halogens is 1. The first-order chi connectivity index (χ1) is 18.0. The zero-order valence-corrected chi connectivity index (χ0v) is 23.5. The lowest BCUT2D eigenvalue weighted by atomic mass is 9.93. The molecule has 1 aliphatic heterocycles. The Morgan fingerprint density at radius 3 is 2.89 bits per heavy atom. The van der Waals surface area contributed by atoms with Gasteiger partial charge in [-0.15, -0.1) is 0 Å². The summed E-state index contributed by atoms with van der Waals surface area (Å²) >= 11 is 6.67. The summed E-state index contributed by atoms with van der Waals surface area (Å²) in [6.45, 7) is 4.18. The van der Waals surface area contributed by atoms with Crippen molar-refractivity contribution in [1.29, 1.82) is 0 Å². The average molecular weight is 558 g/mol. The molecule has 38 heavy (non-hydrogen) atoms. The van der Waals surface area contributed by atoms with E-state index in [0.717, 1.165) is 35.5 Å². The number of benzene rings is 2. The summed E-state index contributed by atoms with van der Waals surface area (Å²) in [6.07, 6.45) is 6.04. The van der Waals surface area contributed by atoms with Crippen LogP contribution >= 0.6 is 25.1 Å². The van der Waals surface area contributed by atoms with Gasteiger partial charge in [-0.3, -0.25) is 9.69 Å². The fourth-order valence-corrected chi connectivity index (χ4v) is 5.26. The molecule has 1 atom stereocenters. The molecule has 204 valence electrons. The molecule has 0 bridgehead atoms. The van der Waals surface area contributed by atoms with Crippen LogP contribution in [0.4, 0.5) is 5.69 Å². The summed E-state index contributed by atoms with van der Waals surface area (Å²) in [5, 5.41) is 14.8. The van der Waals surface area contributed by atoms with Crippen LogP contribution in [-0.4, -0.2) is 46.0 Å². The summed E-state index contributed by atoms with van der Waals surface area (Å²) in [6, 6.07) is 12.2. The van der Waals surface area contributed by atoms with Gasteiger partial charge in [0.25, 0.3) is 0 Å². The molecular formula is C29H36ClN3O4S. The van der Waals surface area contributed by atoms with E-state index in [0.29, 0.717) is 54.1 Å². The van der Waals surface area contributed by atoms with E-state index in [4.69, 9.17) is 20.8 Å². The maximum absolute atomic E-state index is 12.8. The second kappa shape index (κ2) is 13.0. The van der Waals surface area contributed by atoms with Gasteiger partial charge in [0.05, 0.1) is 16.8 Å². The van der Waals surface area contributed by atoms with E-state index in [9.17, 15) is 9.90 Å². The summed E-state index contributed by atoms with van der Waals surface area (Å²) in [4.78, 5) is 19.1. The Morgan fingerprint density at radius 2 is 2.16 bits per heavy atom. The van der Waals surface area contributed by atoms with Crippen molar-refractivity contribution in [2.45, 2.75) is 70.7 Å². The van der Waals surface area contributed by atoms with Gasteiger partial charge in [0.2, 0.25) is 0 Å². The van der Waals surface area contributed by atoms with Crippen molar-refractivity contribution in [3.05, 3.63) is 76.0 Å². The molecule has 1 aliphatic carbocycles. The molecule has 0 unspecified atom stereocenters. The summed E-state index contributed by atoms with van der Waals surface area (Å²) in [5.74, 6) is 1.39. The Hall–Kier alpha value is -2.52. The number of ketones is 1. The van der Waals surface area contributed by atoms with E-state index in [1.54, 1.807) is 0 Å². The fourth-order valence-electron chi connectivity index (χ4n) is 4.93. The van der Waals surface area contributed by atoms with Crippen LogP contribution in [0.5, 0.6) is 5.75 Å². The molecule has 2 aromatic carbocycles. The minimum Gasteiger partial charge on any atom is -0.484 e. The monoisotopic (exact) mass is 557 g/mol. The number of aliphatic hydroxyl groups excluding tert-OH is 1. The molecular weight excluding hydrogens is 522 g/mol. The number of aromatic nitrogens is 1. The predicted octanol–water partition coefficient (Wildman–Crippen LogP) is 5.67. The van der Waals surface area contributed by atoms with Crippen molar-refractivity contribution >= 4 is 36.6 Å². The number of hydrogen-bond donors (Lipinski definition) is 2. The van der Waals surface area contributed by atoms with E-state index in [1.165, 1.54) is 25.7 Å². The van der Waals surface area contributed by atoms with Crippen LogP contribution in [0.15, 0.2) is 47.2 Å². The van der Waals surface area contributed by atoms with Gasteiger partial charge in [0.15, 0.2) is 17.9 Å². The maximum atomic E-state index is 12.8. The quantitative estimate of drug-likeness (QED) is 0.293. The van der Waals surface area contributed by atoms with Crippen molar-refractivity contribution in [3.8, 4) is 5.75 Å². The molecule has 1 saturated carbocycles. The van der Waals surface area contributed by atoms with E-state index in [-0.39, 0.29) is 25.9 Å². The predicted molar refractivity (Wildman–Crippen MR) is 154 cm³/mol. The maximum Gasteiger partial charge on any atom is 0.181 e. The lowest BCUT2D eigenvalue weighted by Crippen LogP contribution is -2.37. The largest absolute Gasteiger partial charge is 0.484 e. The highest BCUT2D eigenvalue weighted by atomic mass is 35.5. The summed E-state index contributed by atoms with van der Waals surface area (Å²) in [7, 11) is 0. The number of Topliss-reactive ketones (excluding diaryl/α,β-unsaturated/α-hetero) is 1. The molecule has 0 amide bonds. The Bertz CT molecular complexity index is 1250. The Balaban J connectivity index is 0.00000336. The number of nitrogens with zero attached hydrogens (tertiary/aromatic N) is 2. The van der Waals surface area contributed by atoms with Crippen molar-refractivity contribution in [2.75, 3.05) is 18.4 Å². The van der Waals surface area contributed by atoms with Gasteiger partial charge in [0, 0.05) is 43.3 Å². The highest BCUT2D eigenvalue weighted by Gasteiger charge is 2.23. The van der Waals surface area contributed by atoms with Crippen LogP contribution in [0.3, 0.4) is 0 Å². The number of aliphatic hydroxyl groups is 1. The number of anilines is 1. The normalized spacial score (nSPS) is 16.2. The van der Waals surface area contributed by atoms with E-state index < -0.39 is 6.10 Å².